The number of nitrogens with one attached hydrogen (secondary N) is 1. The molecular weight excluding hydrogens is 293 g/mol. The normalized spacial score (nSPS) is 14.0. The maximum atomic E-state index is 12.6. The van der Waals surface area contributed by atoms with Gasteiger partial charge in [0.15, 0.2) is 0 Å². The predicted molar refractivity (Wildman–Crippen MR) is 72.5 cm³/mol. The second-order valence-corrected chi connectivity index (χ2v) is 6.00. The largest absolute Gasteiger partial charge is 0.416 e. The number of hydrogen-bond acceptors (Lipinski definition) is 2. The van der Waals surface area contributed by atoms with Crippen molar-refractivity contribution in [3.63, 3.8) is 0 Å². The molecule has 0 spiro atoms. The number of rotatable bonds is 2. The van der Waals surface area contributed by atoms with Gasteiger partial charge in [0.25, 0.3) is 0 Å². The molecule has 0 aromatic heterocycles. The van der Waals surface area contributed by atoms with Crippen LogP contribution in [-0.2, 0) is 11.0 Å². The average Bonchev–Trinajstić information content (AvgIpc) is 2.24. The number of benzene rings is 1. The topological polar surface area (TPSA) is 55.1 Å². The van der Waals surface area contributed by atoms with Crippen molar-refractivity contribution in [1.82, 2.24) is 0 Å². The molecule has 1 aromatic rings. The average molecular weight is 309 g/mol. The number of amides is 1. The molecule has 112 valence electrons. The van der Waals surface area contributed by atoms with Crippen LogP contribution in [0.25, 0.3) is 0 Å². The summed E-state index contributed by atoms with van der Waals surface area (Å²) in [7, 11) is 0. The van der Waals surface area contributed by atoms with E-state index in [1.165, 1.54) is 6.07 Å². The Morgan fingerprint density at radius 1 is 1.25 bits per heavy atom. The van der Waals surface area contributed by atoms with Crippen molar-refractivity contribution >= 4 is 23.2 Å². The lowest BCUT2D eigenvalue weighted by Gasteiger charge is -2.26. The Bertz CT molecular complexity index is 509. The van der Waals surface area contributed by atoms with Gasteiger partial charge in [-0.15, -0.1) is 0 Å². The van der Waals surface area contributed by atoms with Crippen LogP contribution in [0.1, 0.15) is 26.3 Å². The molecule has 20 heavy (non-hydrogen) atoms. The van der Waals surface area contributed by atoms with Crippen molar-refractivity contribution in [3.8, 4) is 0 Å². The fourth-order valence-corrected chi connectivity index (χ4v) is 1.67. The highest BCUT2D eigenvalue weighted by molar-refractivity contribution is 6.31. The molecule has 0 aliphatic rings. The third-order valence-corrected chi connectivity index (χ3v) is 2.93. The molecule has 0 aliphatic heterocycles. The lowest BCUT2D eigenvalue weighted by atomic mass is 9.87. The zero-order chi connectivity index (χ0) is 15.7. The number of carbonyl (C=O) groups is 1. The van der Waals surface area contributed by atoms with Crippen molar-refractivity contribution in [1.29, 1.82) is 0 Å². The summed E-state index contributed by atoms with van der Waals surface area (Å²) in [4.78, 5) is 11.9. The molecule has 0 heterocycles. The quantitative estimate of drug-likeness (QED) is 0.876. The number of alkyl halides is 3. The molecule has 1 unspecified atom stereocenters. The smallest absolute Gasteiger partial charge is 0.325 e. The highest BCUT2D eigenvalue weighted by Gasteiger charge is 2.32. The molecule has 0 saturated heterocycles. The first-order chi connectivity index (χ1) is 8.91. The molecule has 0 radical (unpaired) electrons. The van der Waals surface area contributed by atoms with E-state index >= 15 is 0 Å². The van der Waals surface area contributed by atoms with Crippen LogP contribution in [0.4, 0.5) is 18.9 Å². The summed E-state index contributed by atoms with van der Waals surface area (Å²) in [6, 6.07) is 2.00. The Kier molecular flexibility index (Phi) is 4.71. The van der Waals surface area contributed by atoms with Crippen LogP contribution in [0.2, 0.25) is 5.02 Å². The Balaban J connectivity index is 2.99. The number of nitrogens with two attached hydrogens (primary N) is 1. The van der Waals surface area contributed by atoms with Gasteiger partial charge in [-0.25, -0.2) is 0 Å². The van der Waals surface area contributed by atoms with Crippen LogP contribution in [0.5, 0.6) is 0 Å². The van der Waals surface area contributed by atoms with E-state index in [2.05, 4.69) is 5.32 Å². The van der Waals surface area contributed by atoms with Crippen LogP contribution in [0.3, 0.4) is 0 Å². The van der Waals surface area contributed by atoms with Crippen LogP contribution >= 0.6 is 11.6 Å². The van der Waals surface area contributed by atoms with Crippen molar-refractivity contribution in [2.24, 2.45) is 11.1 Å². The SMILES string of the molecule is CC(C)(C)C(N)C(=O)Nc1cc(Cl)cc(C(F)(F)F)c1. The van der Waals surface area contributed by atoms with E-state index in [0.717, 1.165) is 12.1 Å². The number of anilines is 1. The zero-order valence-corrected chi connectivity index (χ0v) is 12.1. The molecule has 1 amide bonds. The maximum Gasteiger partial charge on any atom is 0.416 e. The summed E-state index contributed by atoms with van der Waals surface area (Å²) in [5.74, 6) is -0.562. The number of halogens is 4. The van der Waals surface area contributed by atoms with E-state index in [-0.39, 0.29) is 10.7 Å². The molecule has 7 heteroatoms. The van der Waals surface area contributed by atoms with Crippen LogP contribution in [0, 0.1) is 5.41 Å². The highest BCUT2D eigenvalue weighted by atomic mass is 35.5. The lowest BCUT2D eigenvalue weighted by Crippen LogP contribution is -2.45. The minimum absolute atomic E-state index is 0.0328. The summed E-state index contributed by atoms with van der Waals surface area (Å²) in [5, 5.41) is 2.24. The molecule has 0 aliphatic carbocycles. The number of carbonyl (C=O) groups excluding carboxylic acids is 1. The van der Waals surface area contributed by atoms with Gasteiger partial charge < -0.3 is 11.1 Å². The minimum Gasteiger partial charge on any atom is -0.325 e. The van der Waals surface area contributed by atoms with Crippen molar-refractivity contribution in [2.45, 2.75) is 33.0 Å². The van der Waals surface area contributed by atoms with Gasteiger partial charge in [-0.2, -0.15) is 13.2 Å². The van der Waals surface area contributed by atoms with E-state index in [1.807, 2.05) is 0 Å². The summed E-state index contributed by atoms with van der Waals surface area (Å²) in [5.41, 5.74) is 4.27. The van der Waals surface area contributed by atoms with Gasteiger partial charge in [0, 0.05) is 10.7 Å². The Labute approximate surface area is 120 Å². The monoisotopic (exact) mass is 308 g/mol. The van der Waals surface area contributed by atoms with Gasteiger partial charge in [-0.05, 0) is 23.6 Å². The second kappa shape index (κ2) is 5.61. The minimum atomic E-state index is -4.53. The first-order valence-corrected chi connectivity index (χ1v) is 6.23. The molecule has 1 rings (SSSR count). The molecule has 3 N–H and O–H groups in total. The highest BCUT2D eigenvalue weighted by Crippen LogP contribution is 2.33. The number of hydrogen-bond donors (Lipinski definition) is 2. The third-order valence-electron chi connectivity index (χ3n) is 2.71. The molecular formula is C13H16ClF3N2O. The molecule has 1 atom stereocenters. The van der Waals surface area contributed by atoms with Gasteiger partial charge in [0.1, 0.15) is 0 Å². The first-order valence-electron chi connectivity index (χ1n) is 5.85. The first kappa shape index (κ1) is 16.8. The third kappa shape index (κ3) is 4.38. The fourth-order valence-electron chi connectivity index (χ4n) is 1.44. The predicted octanol–water partition coefficient (Wildman–Crippen LogP) is 3.67. The van der Waals surface area contributed by atoms with E-state index in [4.69, 9.17) is 17.3 Å². The van der Waals surface area contributed by atoms with Crippen LogP contribution < -0.4 is 11.1 Å². The molecule has 0 saturated carbocycles. The van der Waals surface area contributed by atoms with Gasteiger partial charge in [-0.3, -0.25) is 4.79 Å². The van der Waals surface area contributed by atoms with Crippen LogP contribution in [0.15, 0.2) is 18.2 Å². The van der Waals surface area contributed by atoms with Gasteiger partial charge in [0.05, 0.1) is 11.6 Å². The van der Waals surface area contributed by atoms with Crippen LogP contribution in [-0.4, -0.2) is 11.9 Å². The van der Waals surface area contributed by atoms with Crippen molar-refractivity contribution < 1.29 is 18.0 Å². The van der Waals surface area contributed by atoms with Gasteiger partial charge in [-0.1, -0.05) is 32.4 Å². The zero-order valence-electron chi connectivity index (χ0n) is 11.3. The second-order valence-electron chi connectivity index (χ2n) is 5.56. The summed E-state index contributed by atoms with van der Waals surface area (Å²) in [6.07, 6.45) is -4.53. The van der Waals surface area contributed by atoms with E-state index in [0.29, 0.717) is 0 Å². The van der Waals surface area contributed by atoms with E-state index < -0.39 is 29.1 Å². The Hall–Kier alpha value is -1.27. The van der Waals surface area contributed by atoms with Crippen molar-refractivity contribution in [3.05, 3.63) is 28.8 Å². The summed E-state index contributed by atoms with van der Waals surface area (Å²) >= 11 is 5.63. The summed E-state index contributed by atoms with van der Waals surface area (Å²) < 4.78 is 37.9. The maximum absolute atomic E-state index is 12.6. The molecule has 3 nitrogen and oxygen atoms in total. The van der Waals surface area contributed by atoms with E-state index in [9.17, 15) is 18.0 Å². The van der Waals surface area contributed by atoms with Gasteiger partial charge >= 0.3 is 6.18 Å². The van der Waals surface area contributed by atoms with Gasteiger partial charge in [0.2, 0.25) is 5.91 Å². The molecule has 1 aromatic carbocycles. The van der Waals surface area contributed by atoms with Crippen molar-refractivity contribution in [2.75, 3.05) is 5.32 Å². The Morgan fingerprint density at radius 3 is 2.25 bits per heavy atom. The summed E-state index contributed by atoms with van der Waals surface area (Å²) in [6.45, 7) is 5.28. The van der Waals surface area contributed by atoms with E-state index in [1.54, 1.807) is 20.8 Å². The molecule has 0 bridgehead atoms. The standard InChI is InChI=1S/C13H16ClF3N2O/c1-12(2,3)10(18)11(20)19-9-5-7(13(15,16)17)4-8(14)6-9/h4-6,10H,18H2,1-3H3,(H,19,20). The Morgan fingerprint density at radius 2 is 1.80 bits per heavy atom. The lowest BCUT2D eigenvalue weighted by molar-refractivity contribution is -0.137. The molecule has 0 fully saturated rings. The fraction of sp³-hybridized carbons (Fsp3) is 0.462.